The molecule has 1 aliphatic heterocycles. The van der Waals surface area contributed by atoms with Crippen molar-refractivity contribution in [3.05, 3.63) is 0 Å². The first-order valence-electron chi connectivity index (χ1n) is 6.37. The first-order chi connectivity index (χ1) is 7.09. The highest BCUT2D eigenvalue weighted by atomic mass is 16.2. The smallest absolute Gasteiger partial charge is 0.223 e. The van der Waals surface area contributed by atoms with Crippen molar-refractivity contribution in [2.75, 3.05) is 13.1 Å². The van der Waals surface area contributed by atoms with E-state index in [1.807, 2.05) is 0 Å². The Morgan fingerprint density at radius 2 is 1.75 bits per heavy atom. The van der Waals surface area contributed by atoms with E-state index in [4.69, 9.17) is 0 Å². The molecule has 1 atom stereocenters. The Labute approximate surface area is 100 Å². The summed E-state index contributed by atoms with van der Waals surface area (Å²) in [5.41, 5.74) is 0.438. The maximum atomic E-state index is 12.1. The van der Waals surface area contributed by atoms with Gasteiger partial charge in [0.25, 0.3) is 0 Å². The number of amides is 1. The van der Waals surface area contributed by atoms with Gasteiger partial charge in [-0.05, 0) is 23.2 Å². The van der Waals surface area contributed by atoms with E-state index >= 15 is 0 Å². The SMILES string of the molecule is CC(C)(C)CC(=O)N1CC[C@@H](C(C)(C)C)C1. The maximum Gasteiger partial charge on any atom is 0.223 e. The first kappa shape index (κ1) is 13.5. The fraction of sp³-hybridized carbons (Fsp3) is 0.929. The number of likely N-dealkylation sites (tertiary alicyclic amines) is 1. The third-order valence-corrected chi connectivity index (χ3v) is 3.45. The topological polar surface area (TPSA) is 20.3 Å². The van der Waals surface area contributed by atoms with Gasteiger partial charge in [-0.25, -0.2) is 0 Å². The van der Waals surface area contributed by atoms with E-state index in [1.165, 1.54) is 6.42 Å². The lowest BCUT2D eigenvalue weighted by Crippen LogP contribution is -2.33. The molecule has 0 bridgehead atoms. The molecule has 0 saturated carbocycles. The zero-order valence-corrected chi connectivity index (χ0v) is 11.8. The molecule has 94 valence electrons. The van der Waals surface area contributed by atoms with Crippen molar-refractivity contribution < 1.29 is 4.79 Å². The van der Waals surface area contributed by atoms with Gasteiger partial charge < -0.3 is 4.90 Å². The van der Waals surface area contributed by atoms with Crippen LogP contribution < -0.4 is 0 Å². The van der Waals surface area contributed by atoms with Crippen LogP contribution in [0.5, 0.6) is 0 Å². The second kappa shape index (κ2) is 4.38. The lowest BCUT2D eigenvalue weighted by atomic mass is 9.80. The molecule has 0 aliphatic carbocycles. The van der Waals surface area contributed by atoms with Crippen LogP contribution in [0.1, 0.15) is 54.4 Å². The summed E-state index contributed by atoms with van der Waals surface area (Å²) in [4.78, 5) is 14.1. The van der Waals surface area contributed by atoms with Crippen LogP contribution in [0.3, 0.4) is 0 Å². The molecule has 0 N–H and O–H groups in total. The molecule has 1 heterocycles. The minimum absolute atomic E-state index is 0.108. The first-order valence-corrected chi connectivity index (χ1v) is 6.37. The van der Waals surface area contributed by atoms with Crippen molar-refractivity contribution >= 4 is 5.91 Å². The van der Waals surface area contributed by atoms with Crippen LogP contribution in [0.15, 0.2) is 0 Å². The number of hydrogen-bond donors (Lipinski definition) is 0. The number of hydrogen-bond acceptors (Lipinski definition) is 1. The monoisotopic (exact) mass is 225 g/mol. The maximum absolute atomic E-state index is 12.1. The Kier molecular flexibility index (Phi) is 3.71. The van der Waals surface area contributed by atoms with Crippen molar-refractivity contribution in [3.63, 3.8) is 0 Å². The van der Waals surface area contributed by atoms with Gasteiger partial charge in [0.15, 0.2) is 0 Å². The highest BCUT2D eigenvalue weighted by Crippen LogP contribution is 2.34. The molecule has 1 saturated heterocycles. The van der Waals surface area contributed by atoms with Gasteiger partial charge in [-0.1, -0.05) is 41.5 Å². The van der Waals surface area contributed by atoms with E-state index in [-0.39, 0.29) is 5.41 Å². The molecule has 1 amide bonds. The van der Waals surface area contributed by atoms with Crippen molar-refractivity contribution in [2.45, 2.75) is 54.4 Å². The Hall–Kier alpha value is -0.530. The lowest BCUT2D eigenvalue weighted by Gasteiger charge is -2.28. The predicted molar refractivity (Wildman–Crippen MR) is 68.2 cm³/mol. The fourth-order valence-corrected chi connectivity index (χ4v) is 2.26. The molecule has 0 aromatic carbocycles. The highest BCUT2D eigenvalue weighted by molar-refractivity contribution is 5.77. The molecule has 1 fully saturated rings. The van der Waals surface area contributed by atoms with E-state index in [0.29, 0.717) is 23.7 Å². The largest absolute Gasteiger partial charge is 0.342 e. The van der Waals surface area contributed by atoms with Crippen molar-refractivity contribution in [1.29, 1.82) is 0 Å². The van der Waals surface area contributed by atoms with E-state index in [9.17, 15) is 4.79 Å². The Morgan fingerprint density at radius 1 is 1.19 bits per heavy atom. The third-order valence-electron chi connectivity index (χ3n) is 3.45. The summed E-state index contributed by atoms with van der Waals surface area (Å²) in [6, 6.07) is 0. The Balaban J connectivity index is 2.51. The number of carbonyl (C=O) groups is 1. The molecular weight excluding hydrogens is 198 g/mol. The van der Waals surface area contributed by atoms with Gasteiger partial charge in [-0.15, -0.1) is 0 Å². The van der Waals surface area contributed by atoms with Crippen LogP contribution in [0.25, 0.3) is 0 Å². The summed E-state index contributed by atoms with van der Waals surface area (Å²) < 4.78 is 0. The molecule has 16 heavy (non-hydrogen) atoms. The summed E-state index contributed by atoms with van der Waals surface area (Å²) in [6.45, 7) is 15.1. The summed E-state index contributed by atoms with van der Waals surface area (Å²) in [7, 11) is 0. The zero-order chi connectivity index (χ0) is 12.6. The third kappa shape index (κ3) is 3.80. The van der Waals surface area contributed by atoms with Gasteiger partial charge in [-0.2, -0.15) is 0 Å². The van der Waals surface area contributed by atoms with E-state index in [0.717, 1.165) is 13.1 Å². The molecular formula is C14H27NO. The molecule has 0 aromatic heterocycles. The van der Waals surface area contributed by atoms with Crippen LogP contribution in [0.2, 0.25) is 0 Å². The van der Waals surface area contributed by atoms with E-state index in [2.05, 4.69) is 46.4 Å². The normalized spacial score (nSPS) is 22.6. The van der Waals surface area contributed by atoms with E-state index in [1.54, 1.807) is 0 Å². The average Bonchev–Trinajstić information content (AvgIpc) is 2.46. The molecule has 0 spiro atoms. The van der Waals surface area contributed by atoms with Crippen LogP contribution in [0.4, 0.5) is 0 Å². The Morgan fingerprint density at radius 3 is 2.12 bits per heavy atom. The number of rotatable bonds is 1. The standard InChI is InChI=1S/C14H27NO/c1-13(2,3)9-12(16)15-8-7-11(10-15)14(4,5)6/h11H,7-10H2,1-6H3/t11-/m1/s1. The lowest BCUT2D eigenvalue weighted by molar-refractivity contribution is -0.132. The quantitative estimate of drug-likeness (QED) is 0.670. The predicted octanol–water partition coefficient (Wildman–Crippen LogP) is 3.32. The minimum Gasteiger partial charge on any atom is -0.342 e. The molecule has 1 aliphatic rings. The van der Waals surface area contributed by atoms with Gasteiger partial charge >= 0.3 is 0 Å². The summed E-state index contributed by atoms with van der Waals surface area (Å²) >= 11 is 0. The van der Waals surface area contributed by atoms with Gasteiger partial charge in [0, 0.05) is 19.5 Å². The Bertz CT molecular complexity index is 257. The van der Waals surface area contributed by atoms with Crippen molar-refractivity contribution in [1.82, 2.24) is 4.90 Å². The van der Waals surface area contributed by atoms with Crippen LogP contribution in [-0.4, -0.2) is 23.9 Å². The molecule has 1 rings (SSSR count). The van der Waals surface area contributed by atoms with Gasteiger partial charge in [0.05, 0.1) is 0 Å². The summed E-state index contributed by atoms with van der Waals surface area (Å²) in [6.07, 6.45) is 1.84. The second-order valence-corrected chi connectivity index (χ2v) is 7.43. The van der Waals surface area contributed by atoms with E-state index < -0.39 is 0 Å². The van der Waals surface area contributed by atoms with Crippen molar-refractivity contribution in [2.24, 2.45) is 16.7 Å². The summed E-state index contributed by atoms with van der Waals surface area (Å²) in [5, 5.41) is 0. The minimum atomic E-state index is 0.108. The molecule has 0 aromatic rings. The molecule has 0 radical (unpaired) electrons. The zero-order valence-electron chi connectivity index (χ0n) is 11.8. The van der Waals surface area contributed by atoms with Crippen molar-refractivity contribution in [3.8, 4) is 0 Å². The van der Waals surface area contributed by atoms with Gasteiger partial charge in [0.2, 0.25) is 5.91 Å². The van der Waals surface area contributed by atoms with Gasteiger partial charge in [-0.3, -0.25) is 4.79 Å². The highest BCUT2D eigenvalue weighted by Gasteiger charge is 2.34. The van der Waals surface area contributed by atoms with Gasteiger partial charge in [0.1, 0.15) is 0 Å². The molecule has 2 nitrogen and oxygen atoms in total. The van der Waals surface area contributed by atoms with Crippen LogP contribution in [-0.2, 0) is 4.79 Å². The molecule has 0 unspecified atom stereocenters. The van der Waals surface area contributed by atoms with Crippen LogP contribution in [0, 0.1) is 16.7 Å². The number of carbonyl (C=O) groups excluding carboxylic acids is 1. The molecule has 2 heteroatoms. The average molecular weight is 225 g/mol. The number of nitrogens with zero attached hydrogens (tertiary/aromatic N) is 1. The fourth-order valence-electron chi connectivity index (χ4n) is 2.26. The second-order valence-electron chi connectivity index (χ2n) is 7.43. The summed E-state index contributed by atoms with van der Waals surface area (Å²) in [5.74, 6) is 0.996. The van der Waals surface area contributed by atoms with Crippen LogP contribution >= 0.6 is 0 Å².